The third-order valence-electron chi connectivity index (χ3n) is 5.82. The number of esters is 1. The summed E-state index contributed by atoms with van der Waals surface area (Å²) >= 11 is 0. The van der Waals surface area contributed by atoms with Gasteiger partial charge in [0.2, 0.25) is 0 Å². The Hall–Kier alpha value is -3.61. The third-order valence-corrected chi connectivity index (χ3v) is 5.82. The number of ether oxygens (including phenoxy) is 3. The number of ketones is 1. The zero-order chi connectivity index (χ0) is 21.9. The van der Waals surface area contributed by atoms with Gasteiger partial charge in [-0.25, -0.2) is 0 Å². The standard InChI is InChI=1S/C24H21NO6/c1-24(2)11-18(26)14-5-7-19-21(22(14)31-24)15(10-20(27)30-19)16-9-12-8-13(29-3)4-6-17(12)25-23(16)28/h4-9,15H,10-11H2,1-3H3,(H,25,28). The first-order valence-electron chi connectivity index (χ1n) is 10.1. The fraction of sp³-hybridized carbons (Fsp3) is 0.292. The molecule has 1 N–H and O–H groups in total. The number of methoxy groups -OCH3 is 1. The van der Waals surface area contributed by atoms with E-state index < -0.39 is 17.5 Å². The van der Waals surface area contributed by atoms with Crippen LogP contribution < -0.4 is 19.8 Å². The quantitative estimate of drug-likeness (QED) is 0.503. The van der Waals surface area contributed by atoms with Crippen LogP contribution in [0.4, 0.5) is 0 Å². The summed E-state index contributed by atoms with van der Waals surface area (Å²) in [5.41, 5.74) is 1.07. The van der Waals surface area contributed by atoms with E-state index in [1.54, 1.807) is 37.4 Å². The van der Waals surface area contributed by atoms with E-state index in [1.807, 2.05) is 19.9 Å². The number of hydrogen-bond donors (Lipinski definition) is 1. The van der Waals surface area contributed by atoms with Crippen molar-refractivity contribution in [2.75, 3.05) is 7.11 Å². The maximum Gasteiger partial charge on any atom is 0.312 e. The van der Waals surface area contributed by atoms with E-state index in [2.05, 4.69) is 4.98 Å². The van der Waals surface area contributed by atoms with Crippen LogP contribution in [0.1, 0.15) is 54.1 Å². The first-order valence-corrected chi connectivity index (χ1v) is 10.1. The highest BCUT2D eigenvalue weighted by Gasteiger charge is 2.40. The molecule has 0 spiro atoms. The highest BCUT2D eigenvalue weighted by Crippen LogP contribution is 2.48. The zero-order valence-corrected chi connectivity index (χ0v) is 17.4. The Kier molecular flexibility index (Phi) is 4.18. The van der Waals surface area contributed by atoms with Gasteiger partial charge in [0.25, 0.3) is 5.56 Å². The second kappa shape index (κ2) is 6.70. The highest BCUT2D eigenvalue weighted by molar-refractivity contribution is 6.01. The lowest BCUT2D eigenvalue weighted by Crippen LogP contribution is -2.37. The molecule has 1 unspecified atom stereocenters. The van der Waals surface area contributed by atoms with Gasteiger partial charge < -0.3 is 19.2 Å². The van der Waals surface area contributed by atoms with Crippen LogP contribution in [0.15, 0.2) is 41.2 Å². The van der Waals surface area contributed by atoms with Crippen LogP contribution in [-0.4, -0.2) is 29.4 Å². The maximum absolute atomic E-state index is 13.0. The summed E-state index contributed by atoms with van der Waals surface area (Å²) in [4.78, 5) is 41.0. The summed E-state index contributed by atoms with van der Waals surface area (Å²) in [5.74, 6) is 0.275. The van der Waals surface area contributed by atoms with Gasteiger partial charge in [0, 0.05) is 27.9 Å². The van der Waals surface area contributed by atoms with Crippen LogP contribution in [0, 0.1) is 0 Å². The molecule has 2 aromatic carbocycles. The highest BCUT2D eigenvalue weighted by atomic mass is 16.5. The molecule has 0 aliphatic carbocycles. The summed E-state index contributed by atoms with van der Waals surface area (Å²) < 4.78 is 16.9. The normalized spacial score (nSPS) is 19.3. The molecule has 7 nitrogen and oxygen atoms in total. The van der Waals surface area contributed by atoms with Gasteiger partial charge in [-0.2, -0.15) is 0 Å². The molecule has 5 rings (SSSR count). The van der Waals surface area contributed by atoms with Crippen LogP contribution in [0.25, 0.3) is 10.9 Å². The topological polar surface area (TPSA) is 94.7 Å². The largest absolute Gasteiger partial charge is 0.497 e. The molecule has 3 heterocycles. The van der Waals surface area contributed by atoms with Crippen molar-refractivity contribution in [2.45, 2.75) is 38.2 Å². The van der Waals surface area contributed by atoms with E-state index in [1.165, 1.54) is 0 Å². The van der Waals surface area contributed by atoms with Crippen molar-refractivity contribution in [1.82, 2.24) is 4.98 Å². The van der Waals surface area contributed by atoms with Crippen molar-refractivity contribution >= 4 is 22.7 Å². The molecular weight excluding hydrogens is 398 g/mol. The lowest BCUT2D eigenvalue weighted by Gasteiger charge is -2.36. The van der Waals surface area contributed by atoms with Gasteiger partial charge >= 0.3 is 5.97 Å². The molecule has 0 saturated heterocycles. The number of pyridine rings is 1. The number of H-pyrrole nitrogens is 1. The van der Waals surface area contributed by atoms with Gasteiger partial charge in [-0.3, -0.25) is 14.4 Å². The Morgan fingerprint density at radius 2 is 1.90 bits per heavy atom. The molecule has 0 fully saturated rings. The number of fused-ring (bicyclic) bond motifs is 4. The van der Waals surface area contributed by atoms with Gasteiger partial charge in [0.15, 0.2) is 5.78 Å². The second-order valence-electron chi connectivity index (χ2n) is 8.55. The number of aromatic nitrogens is 1. The number of Topliss-reactive ketones (excluding diaryl/α,β-unsaturated/α-hetero) is 1. The number of carbonyl (C=O) groups excluding carboxylic acids is 2. The predicted octanol–water partition coefficient (Wildman–Crippen LogP) is 3.72. The Bertz CT molecular complexity index is 1320. The zero-order valence-electron chi connectivity index (χ0n) is 17.4. The van der Waals surface area contributed by atoms with Crippen LogP contribution in [0.2, 0.25) is 0 Å². The maximum atomic E-state index is 13.0. The van der Waals surface area contributed by atoms with Crippen LogP contribution >= 0.6 is 0 Å². The van der Waals surface area contributed by atoms with Gasteiger partial charge in [0.05, 0.1) is 25.5 Å². The minimum Gasteiger partial charge on any atom is -0.497 e. The predicted molar refractivity (Wildman–Crippen MR) is 113 cm³/mol. The number of aromatic amines is 1. The molecule has 0 radical (unpaired) electrons. The van der Waals surface area contributed by atoms with E-state index in [4.69, 9.17) is 14.2 Å². The number of nitrogens with one attached hydrogen (secondary N) is 1. The second-order valence-corrected chi connectivity index (χ2v) is 8.55. The molecule has 158 valence electrons. The Morgan fingerprint density at radius 1 is 1.10 bits per heavy atom. The number of hydrogen-bond acceptors (Lipinski definition) is 6. The Morgan fingerprint density at radius 3 is 2.68 bits per heavy atom. The summed E-state index contributed by atoms with van der Waals surface area (Å²) in [6.07, 6.45) is 0.222. The van der Waals surface area contributed by atoms with Crippen molar-refractivity contribution in [2.24, 2.45) is 0 Å². The molecule has 0 bridgehead atoms. The summed E-state index contributed by atoms with van der Waals surface area (Å²) in [5, 5.41) is 0.775. The van der Waals surface area contributed by atoms with Crippen molar-refractivity contribution in [1.29, 1.82) is 0 Å². The number of carbonyl (C=O) groups is 2. The van der Waals surface area contributed by atoms with Crippen LogP contribution in [0.5, 0.6) is 17.2 Å². The fourth-order valence-electron chi connectivity index (χ4n) is 4.41. The van der Waals surface area contributed by atoms with Crippen molar-refractivity contribution in [3.8, 4) is 17.2 Å². The van der Waals surface area contributed by atoms with Gasteiger partial charge in [-0.15, -0.1) is 0 Å². The first kappa shape index (κ1) is 19.4. The Labute approximate surface area is 177 Å². The molecule has 1 atom stereocenters. The minimum atomic E-state index is -0.700. The van der Waals surface area contributed by atoms with Crippen molar-refractivity contribution in [3.63, 3.8) is 0 Å². The number of rotatable bonds is 2. The molecule has 2 aliphatic heterocycles. The van der Waals surface area contributed by atoms with Crippen molar-refractivity contribution in [3.05, 3.63) is 63.4 Å². The SMILES string of the molecule is COc1ccc2[nH]c(=O)c(C3CC(=O)Oc4ccc5c(c43)OC(C)(C)CC5=O)cc2c1. The summed E-state index contributed by atoms with van der Waals surface area (Å²) in [6.45, 7) is 3.68. The van der Waals surface area contributed by atoms with E-state index in [-0.39, 0.29) is 24.2 Å². The molecule has 3 aromatic rings. The van der Waals surface area contributed by atoms with Gasteiger partial charge in [-0.05, 0) is 50.2 Å². The smallest absolute Gasteiger partial charge is 0.312 e. The van der Waals surface area contributed by atoms with E-state index in [0.29, 0.717) is 39.5 Å². The lowest BCUT2D eigenvalue weighted by atomic mass is 9.82. The molecule has 0 amide bonds. The van der Waals surface area contributed by atoms with E-state index >= 15 is 0 Å². The fourth-order valence-corrected chi connectivity index (χ4v) is 4.41. The van der Waals surface area contributed by atoms with Gasteiger partial charge in [-0.1, -0.05) is 0 Å². The average molecular weight is 419 g/mol. The van der Waals surface area contributed by atoms with E-state index in [9.17, 15) is 14.4 Å². The molecule has 31 heavy (non-hydrogen) atoms. The molecule has 7 heteroatoms. The minimum absolute atomic E-state index is 0.0278. The summed E-state index contributed by atoms with van der Waals surface area (Å²) in [6, 6.07) is 10.4. The average Bonchev–Trinajstić information content (AvgIpc) is 2.71. The summed E-state index contributed by atoms with van der Waals surface area (Å²) in [7, 11) is 1.57. The monoisotopic (exact) mass is 419 g/mol. The molecule has 1 aromatic heterocycles. The third kappa shape index (κ3) is 3.17. The van der Waals surface area contributed by atoms with Gasteiger partial charge in [0.1, 0.15) is 22.8 Å². The molecule has 2 aliphatic rings. The molecular formula is C24H21NO6. The van der Waals surface area contributed by atoms with Crippen LogP contribution in [0.3, 0.4) is 0 Å². The molecule has 0 saturated carbocycles. The van der Waals surface area contributed by atoms with Crippen LogP contribution in [-0.2, 0) is 4.79 Å². The first-order chi connectivity index (χ1) is 14.8. The number of benzene rings is 2. The Balaban J connectivity index is 1.75. The van der Waals surface area contributed by atoms with E-state index in [0.717, 1.165) is 5.39 Å². The van der Waals surface area contributed by atoms with Crippen molar-refractivity contribution < 1.29 is 23.8 Å². The lowest BCUT2D eigenvalue weighted by molar-refractivity contribution is -0.135.